The highest BCUT2D eigenvalue weighted by Crippen LogP contribution is 2.33. The Morgan fingerprint density at radius 3 is 2.77 bits per heavy atom. The van der Waals surface area contributed by atoms with Gasteiger partial charge in [-0.05, 0) is 19.3 Å². The molecule has 0 heterocycles. The molecule has 0 radical (unpaired) electrons. The molecule has 1 rings (SSSR count). The maximum absolute atomic E-state index is 9.36. The summed E-state index contributed by atoms with van der Waals surface area (Å²) < 4.78 is 4.84. The number of rotatable bonds is 7. The predicted octanol–water partition coefficient (Wildman–Crippen LogP) is 0.772. The third-order valence-electron chi connectivity index (χ3n) is 2.44. The lowest BCUT2D eigenvalue weighted by molar-refractivity contribution is 0.0628. The Morgan fingerprint density at radius 2 is 2.23 bits per heavy atom. The molecule has 2 N–H and O–H groups in total. The number of hydrogen-bond donors (Lipinski definition) is 2. The molecule has 1 aliphatic rings. The number of methoxy groups -OCH3 is 1. The van der Waals surface area contributed by atoms with Crippen LogP contribution in [0.4, 0.5) is 0 Å². The molecule has 0 aromatic carbocycles. The van der Waals surface area contributed by atoms with Gasteiger partial charge in [-0.1, -0.05) is 12.8 Å². The van der Waals surface area contributed by atoms with Gasteiger partial charge >= 0.3 is 0 Å². The van der Waals surface area contributed by atoms with Gasteiger partial charge in [-0.2, -0.15) is 0 Å². The van der Waals surface area contributed by atoms with E-state index < -0.39 is 0 Å². The van der Waals surface area contributed by atoms with E-state index in [9.17, 15) is 5.11 Å². The van der Waals surface area contributed by atoms with Gasteiger partial charge in [0, 0.05) is 19.7 Å². The fourth-order valence-corrected chi connectivity index (χ4v) is 1.53. The minimum atomic E-state index is -0.369. The third-order valence-corrected chi connectivity index (χ3v) is 2.44. The molecule has 0 saturated heterocycles. The van der Waals surface area contributed by atoms with E-state index in [0.717, 1.165) is 5.92 Å². The van der Waals surface area contributed by atoms with Crippen molar-refractivity contribution >= 4 is 0 Å². The number of nitrogens with one attached hydrogen (secondary N) is 1. The van der Waals surface area contributed by atoms with Crippen molar-refractivity contribution in [2.24, 2.45) is 5.92 Å². The van der Waals surface area contributed by atoms with E-state index in [2.05, 4.69) is 12.2 Å². The Hall–Kier alpha value is -0.120. The monoisotopic (exact) mass is 187 g/mol. The van der Waals surface area contributed by atoms with Crippen LogP contribution in [-0.2, 0) is 4.74 Å². The fraction of sp³-hybridized carbons (Fsp3) is 1.00. The number of aliphatic hydroxyl groups is 1. The molecule has 3 nitrogen and oxygen atoms in total. The number of ether oxygens (including phenoxy) is 1. The van der Waals surface area contributed by atoms with Crippen LogP contribution < -0.4 is 5.32 Å². The molecular weight excluding hydrogens is 166 g/mol. The number of aliphatic hydroxyl groups excluding tert-OH is 1. The molecule has 2 atom stereocenters. The van der Waals surface area contributed by atoms with Gasteiger partial charge < -0.3 is 15.2 Å². The zero-order valence-electron chi connectivity index (χ0n) is 8.62. The van der Waals surface area contributed by atoms with Crippen molar-refractivity contribution in [2.75, 3.05) is 20.3 Å². The van der Waals surface area contributed by atoms with Crippen LogP contribution in [0.5, 0.6) is 0 Å². The highest BCUT2D eigenvalue weighted by atomic mass is 16.5. The molecule has 1 aliphatic carbocycles. The highest BCUT2D eigenvalue weighted by Gasteiger charge is 2.23. The van der Waals surface area contributed by atoms with E-state index in [-0.39, 0.29) is 6.10 Å². The summed E-state index contributed by atoms with van der Waals surface area (Å²) in [5, 5.41) is 12.7. The van der Waals surface area contributed by atoms with Gasteiger partial charge in [-0.15, -0.1) is 0 Å². The normalized spacial score (nSPS) is 21.5. The first-order chi connectivity index (χ1) is 6.22. The van der Waals surface area contributed by atoms with Crippen LogP contribution in [0.1, 0.15) is 26.2 Å². The Balaban J connectivity index is 1.96. The summed E-state index contributed by atoms with van der Waals surface area (Å²) in [7, 11) is 1.61. The number of hydrogen-bond acceptors (Lipinski definition) is 3. The van der Waals surface area contributed by atoms with Crippen molar-refractivity contribution in [1.82, 2.24) is 5.32 Å². The summed E-state index contributed by atoms with van der Waals surface area (Å²) in [5.41, 5.74) is 0. The largest absolute Gasteiger partial charge is 0.389 e. The minimum Gasteiger partial charge on any atom is -0.389 e. The second kappa shape index (κ2) is 5.58. The van der Waals surface area contributed by atoms with Crippen molar-refractivity contribution < 1.29 is 9.84 Å². The summed E-state index contributed by atoms with van der Waals surface area (Å²) in [6.45, 7) is 3.24. The molecule has 0 amide bonds. The van der Waals surface area contributed by atoms with Gasteiger partial charge in [0.2, 0.25) is 0 Å². The third kappa shape index (κ3) is 5.24. The van der Waals surface area contributed by atoms with Crippen LogP contribution >= 0.6 is 0 Å². The van der Waals surface area contributed by atoms with Gasteiger partial charge in [-0.25, -0.2) is 0 Å². The lowest BCUT2D eigenvalue weighted by Crippen LogP contribution is -2.36. The topological polar surface area (TPSA) is 41.5 Å². The summed E-state index contributed by atoms with van der Waals surface area (Å²) >= 11 is 0. The molecule has 2 unspecified atom stereocenters. The summed E-state index contributed by atoms with van der Waals surface area (Å²) in [4.78, 5) is 0. The zero-order valence-corrected chi connectivity index (χ0v) is 8.62. The molecule has 0 bridgehead atoms. The molecule has 0 aromatic rings. The molecule has 3 heteroatoms. The molecule has 78 valence electrons. The average molecular weight is 187 g/mol. The lowest BCUT2D eigenvalue weighted by atomic mass is 10.1. The lowest BCUT2D eigenvalue weighted by Gasteiger charge is -2.16. The van der Waals surface area contributed by atoms with Crippen molar-refractivity contribution in [1.29, 1.82) is 0 Å². The first-order valence-corrected chi connectivity index (χ1v) is 5.12. The highest BCUT2D eigenvalue weighted by molar-refractivity contribution is 4.78. The summed E-state index contributed by atoms with van der Waals surface area (Å²) in [6.07, 6.45) is 3.67. The molecule has 1 fully saturated rings. The van der Waals surface area contributed by atoms with E-state index in [1.54, 1.807) is 7.11 Å². The van der Waals surface area contributed by atoms with Gasteiger partial charge in [0.25, 0.3) is 0 Å². The van der Waals surface area contributed by atoms with Crippen LogP contribution in [0.2, 0.25) is 0 Å². The van der Waals surface area contributed by atoms with Crippen LogP contribution in [0.3, 0.4) is 0 Å². The first-order valence-electron chi connectivity index (χ1n) is 5.12. The van der Waals surface area contributed by atoms with Crippen molar-refractivity contribution in [3.05, 3.63) is 0 Å². The van der Waals surface area contributed by atoms with Crippen LogP contribution in [0.25, 0.3) is 0 Å². The quantitative estimate of drug-likeness (QED) is 0.618. The first kappa shape index (κ1) is 11.0. The summed E-state index contributed by atoms with van der Waals surface area (Å²) in [5.74, 6) is 0.946. The average Bonchev–Trinajstić information content (AvgIpc) is 2.85. The maximum Gasteiger partial charge on any atom is 0.0897 e. The zero-order chi connectivity index (χ0) is 9.68. The molecule has 1 saturated carbocycles. The van der Waals surface area contributed by atoms with Gasteiger partial charge in [-0.3, -0.25) is 0 Å². The second-order valence-electron chi connectivity index (χ2n) is 4.10. The van der Waals surface area contributed by atoms with Crippen molar-refractivity contribution in [3.63, 3.8) is 0 Å². The SMILES string of the molecule is COCC(O)CNC(C)CC1CC1. The van der Waals surface area contributed by atoms with E-state index in [0.29, 0.717) is 19.2 Å². The minimum absolute atomic E-state index is 0.369. The molecule has 13 heavy (non-hydrogen) atoms. The molecule has 0 spiro atoms. The van der Waals surface area contributed by atoms with E-state index >= 15 is 0 Å². The predicted molar refractivity (Wildman–Crippen MR) is 52.7 cm³/mol. The van der Waals surface area contributed by atoms with Gasteiger partial charge in [0.15, 0.2) is 0 Å². The summed E-state index contributed by atoms with van der Waals surface area (Å²) in [6, 6.07) is 0.527. The smallest absolute Gasteiger partial charge is 0.0897 e. The van der Waals surface area contributed by atoms with E-state index in [1.807, 2.05) is 0 Å². The van der Waals surface area contributed by atoms with Crippen LogP contribution in [0, 0.1) is 5.92 Å². The van der Waals surface area contributed by atoms with Crippen LogP contribution in [0.15, 0.2) is 0 Å². The Morgan fingerprint density at radius 1 is 1.54 bits per heavy atom. The van der Waals surface area contributed by atoms with E-state index in [4.69, 9.17) is 4.74 Å². The van der Waals surface area contributed by atoms with Crippen molar-refractivity contribution in [3.8, 4) is 0 Å². The maximum atomic E-state index is 9.36. The van der Waals surface area contributed by atoms with Crippen molar-refractivity contribution in [2.45, 2.75) is 38.3 Å². The Bertz CT molecular complexity index is 137. The van der Waals surface area contributed by atoms with E-state index in [1.165, 1.54) is 19.3 Å². The molecule has 0 aliphatic heterocycles. The molecular formula is C10H21NO2. The Labute approximate surface area is 80.5 Å². The second-order valence-corrected chi connectivity index (χ2v) is 4.10. The Kier molecular flexibility index (Phi) is 4.70. The van der Waals surface area contributed by atoms with Gasteiger partial charge in [0.05, 0.1) is 12.7 Å². The van der Waals surface area contributed by atoms with Gasteiger partial charge in [0.1, 0.15) is 0 Å². The van der Waals surface area contributed by atoms with Crippen LogP contribution in [-0.4, -0.2) is 37.5 Å². The molecule has 0 aromatic heterocycles. The fourth-order valence-electron chi connectivity index (χ4n) is 1.53. The standard InChI is InChI=1S/C10H21NO2/c1-8(5-9-3-4-9)11-6-10(12)7-13-2/h8-12H,3-7H2,1-2H3.